The maximum absolute atomic E-state index is 12.2. The Morgan fingerprint density at radius 3 is 2.70 bits per heavy atom. The van der Waals surface area contributed by atoms with Crippen molar-refractivity contribution >= 4 is 17.7 Å². The number of carbonyl (C=O) groups is 1. The summed E-state index contributed by atoms with van der Waals surface area (Å²) in [6.45, 7) is 8.44. The predicted molar refractivity (Wildman–Crippen MR) is 107 cm³/mol. The molecule has 1 amide bonds. The lowest BCUT2D eigenvalue weighted by Crippen LogP contribution is -2.41. The molecule has 0 fully saturated rings. The van der Waals surface area contributed by atoms with Crippen LogP contribution in [-0.4, -0.2) is 32.0 Å². The minimum Gasteiger partial charge on any atom is -0.467 e. The zero-order valence-electron chi connectivity index (χ0n) is 16.0. The van der Waals surface area contributed by atoms with Crippen molar-refractivity contribution in [3.8, 4) is 11.4 Å². The van der Waals surface area contributed by atoms with Gasteiger partial charge < -0.3 is 9.73 Å². The number of hydrogen-bond donors (Lipinski definition) is 1. The summed E-state index contributed by atoms with van der Waals surface area (Å²) < 4.78 is 7.49. The summed E-state index contributed by atoms with van der Waals surface area (Å²) in [6, 6.07) is 11.9. The van der Waals surface area contributed by atoms with E-state index in [2.05, 4.69) is 21.6 Å². The Morgan fingerprint density at radius 1 is 1.22 bits per heavy atom. The number of nitrogens with one attached hydrogen (secondary N) is 1. The largest absolute Gasteiger partial charge is 0.467 e. The van der Waals surface area contributed by atoms with Gasteiger partial charge in [0, 0.05) is 11.1 Å². The van der Waals surface area contributed by atoms with E-state index in [4.69, 9.17) is 4.42 Å². The molecule has 0 bridgehead atoms. The van der Waals surface area contributed by atoms with Crippen molar-refractivity contribution < 1.29 is 9.21 Å². The molecule has 1 aromatic carbocycles. The molecular formula is C20H24N4O2S. The van der Waals surface area contributed by atoms with Gasteiger partial charge in [0.25, 0.3) is 0 Å². The number of carbonyl (C=O) groups excluding carboxylic acids is 1. The molecule has 0 saturated heterocycles. The minimum atomic E-state index is -0.258. The van der Waals surface area contributed by atoms with E-state index in [1.165, 1.54) is 11.8 Å². The van der Waals surface area contributed by atoms with E-state index < -0.39 is 0 Å². The molecule has 0 atom stereocenters. The number of amides is 1. The Hall–Kier alpha value is -2.54. The Morgan fingerprint density at radius 2 is 2.04 bits per heavy atom. The lowest BCUT2D eigenvalue weighted by atomic mass is 10.1. The van der Waals surface area contributed by atoms with Crippen LogP contribution in [0.4, 0.5) is 0 Å². The zero-order chi connectivity index (χ0) is 19.4. The molecule has 0 spiro atoms. The van der Waals surface area contributed by atoms with Gasteiger partial charge in [-0.15, -0.1) is 10.2 Å². The number of nitrogens with zero attached hydrogens (tertiary/aromatic N) is 3. The molecule has 142 valence electrons. The molecule has 7 heteroatoms. The van der Waals surface area contributed by atoms with Crippen molar-refractivity contribution in [1.82, 2.24) is 20.1 Å². The second kappa shape index (κ2) is 8.00. The highest BCUT2D eigenvalue weighted by Crippen LogP contribution is 2.26. The average Bonchev–Trinajstić information content (AvgIpc) is 3.22. The quantitative estimate of drug-likeness (QED) is 0.653. The van der Waals surface area contributed by atoms with Crippen LogP contribution in [-0.2, 0) is 11.3 Å². The molecule has 0 aliphatic rings. The first kappa shape index (κ1) is 19.2. The zero-order valence-corrected chi connectivity index (χ0v) is 16.8. The number of thioether (sulfide) groups is 1. The lowest BCUT2D eigenvalue weighted by molar-refractivity contribution is -0.119. The van der Waals surface area contributed by atoms with E-state index in [-0.39, 0.29) is 17.2 Å². The van der Waals surface area contributed by atoms with Crippen LogP contribution < -0.4 is 5.32 Å². The Balaban J connectivity index is 1.86. The fraction of sp³-hybridized carbons (Fsp3) is 0.350. The normalized spacial score (nSPS) is 11.6. The van der Waals surface area contributed by atoms with E-state index in [0.29, 0.717) is 11.7 Å². The van der Waals surface area contributed by atoms with Crippen molar-refractivity contribution in [3.05, 3.63) is 54.0 Å². The molecule has 0 saturated carbocycles. The molecule has 0 radical (unpaired) electrons. The van der Waals surface area contributed by atoms with Crippen LogP contribution in [0.25, 0.3) is 11.4 Å². The highest BCUT2D eigenvalue weighted by Gasteiger charge is 2.19. The first-order chi connectivity index (χ1) is 12.8. The first-order valence-electron chi connectivity index (χ1n) is 8.78. The molecule has 6 nitrogen and oxygen atoms in total. The highest BCUT2D eigenvalue weighted by molar-refractivity contribution is 7.99. The highest BCUT2D eigenvalue weighted by atomic mass is 32.2. The van der Waals surface area contributed by atoms with E-state index in [1.54, 1.807) is 6.26 Å². The van der Waals surface area contributed by atoms with Gasteiger partial charge in [0.2, 0.25) is 5.91 Å². The molecule has 0 aliphatic carbocycles. The van der Waals surface area contributed by atoms with Gasteiger partial charge in [-0.2, -0.15) is 0 Å². The van der Waals surface area contributed by atoms with Crippen LogP contribution in [0.5, 0.6) is 0 Å². The third-order valence-electron chi connectivity index (χ3n) is 3.73. The number of hydrogen-bond acceptors (Lipinski definition) is 5. The number of furan rings is 1. The molecule has 3 aromatic rings. The summed E-state index contributed by atoms with van der Waals surface area (Å²) in [5, 5.41) is 12.4. The molecule has 2 heterocycles. The van der Waals surface area contributed by atoms with Gasteiger partial charge >= 0.3 is 0 Å². The summed E-state index contributed by atoms with van der Waals surface area (Å²) in [4.78, 5) is 12.2. The summed E-state index contributed by atoms with van der Waals surface area (Å²) in [5.74, 6) is 1.82. The molecule has 1 N–H and O–H groups in total. The smallest absolute Gasteiger partial charge is 0.230 e. The van der Waals surface area contributed by atoms with Crippen LogP contribution >= 0.6 is 11.8 Å². The van der Waals surface area contributed by atoms with Crippen molar-refractivity contribution in [2.75, 3.05) is 5.75 Å². The van der Waals surface area contributed by atoms with Crippen LogP contribution in [0.1, 0.15) is 32.1 Å². The van der Waals surface area contributed by atoms with Gasteiger partial charge in [-0.05, 0) is 45.9 Å². The molecular weight excluding hydrogens is 360 g/mol. The van der Waals surface area contributed by atoms with E-state index >= 15 is 0 Å². The predicted octanol–water partition coefficient (Wildman–Crippen LogP) is 3.90. The van der Waals surface area contributed by atoms with Crippen LogP contribution in [0, 0.1) is 6.92 Å². The maximum atomic E-state index is 12.2. The van der Waals surface area contributed by atoms with E-state index in [0.717, 1.165) is 22.7 Å². The fourth-order valence-corrected chi connectivity index (χ4v) is 3.42. The van der Waals surface area contributed by atoms with Gasteiger partial charge in [0.15, 0.2) is 11.0 Å². The molecule has 0 unspecified atom stereocenters. The van der Waals surface area contributed by atoms with Gasteiger partial charge in [0.1, 0.15) is 5.76 Å². The van der Waals surface area contributed by atoms with Gasteiger partial charge in [-0.3, -0.25) is 9.36 Å². The fourth-order valence-electron chi connectivity index (χ4n) is 2.68. The SMILES string of the molecule is Cc1cccc(-c2nnc(SCC(=O)NC(C)(C)C)n2Cc2ccco2)c1. The van der Waals surface area contributed by atoms with Crippen LogP contribution in [0.15, 0.2) is 52.2 Å². The summed E-state index contributed by atoms with van der Waals surface area (Å²) in [5.41, 5.74) is 1.88. The molecule has 27 heavy (non-hydrogen) atoms. The molecule has 3 rings (SSSR count). The summed E-state index contributed by atoms with van der Waals surface area (Å²) in [6.07, 6.45) is 1.65. The first-order valence-corrected chi connectivity index (χ1v) is 9.77. The van der Waals surface area contributed by atoms with Gasteiger partial charge in [0.05, 0.1) is 18.6 Å². The third-order valence-corrected chi connectivity index (χ3v) is 4.70. The van der Waals surface area contributed by atoms with Gasteiger partial charge in [-0.1, -0.05) is 35.5 Å². The maximum Gasteiger partial charge on any atom is 0.230 e. The van der Waals surface area contributed by atoms with Crippen molar-refractivity contribution in [2.45, 2.75) is 44.9 Å². The monoisotopic (exact) mass is 384 g/mol. The van der Waals surface area contributed by atoms with Gasteiger partial charge in [-0.25, -0.2) is 0 Å². The lowest BCUT2D eigenvalue weighted by Gasteiger charge is -2.20. The summed E-state index contributed by atoms with van der Waals surface area (Å²) >= 11 is 1.37. The average molecular weight is 385 g/mol. The Kier molecular flexibility index (Phi) is 5.70. The Labute approximate surface area is 163 Å². The van der Waals surface area contributed by atoms with Crippen LogP contribution in [0.3, 0.4) is 0 Å². The topological polar surface area (TPSA) is 73.0 Å². The van der Waals surface area contributed by atoms with Crippen molar-refractivity contribution in [1.29, 1.82) is 0 Å². The van der Waals surface area contributed by atoms with Crippen molar-refractivity contribution in [2.24, 2.45) is 0 Å². The second-order valence-corrected chi connectivity index (χ2v) is 8.37. The Bertz CT molecular complexity index is 910. The second-order valence-electron chi connectivity index (χ2n) is 7.43. The molecule has 0 aliphatic heterocycles. The van der Waals surface area contributed by atoms with Crippen molar-refractivity contribution in [3.63, 3.8) is 0 Å². The number of rotatable bonds is 6. The minimum absolute atomic E-state index is 0.0304. The number of benzene rings is 1. The number of aromatic nitrogens is 3. The van der Waals surface area contributed by atoms with Crippen LogP contribution in [0.2, 0.25) is 0 Å². The molecule has 2 aromatic heterocycles. The van der Waals surface area contributed by atoms with E-state index in [1.807, 2.05) is 62.6 Å². The third kappa shape index (κ3) is 5.23. The summed E-state index contributed by atoms with van der Waals surface area (Å²) in [7, 11) is 0. The van der Waals surface area contributed by atoms with E-state index in [9.17, 15) is 4.79 Å². The number of aryl methyl sites for hydroxylation is 1. The standard InChI is InChI=1S/C20H24N4O2S/c1-14-7-5-8-15(11-14)18-22-23-19(24(18)12-16-9-6-10-26-16)27-13-17(25)21-20(2,3)4/h5-11H,12-13H2,1-4H3,(H,21,25).